The van der Waals surface area contributed by atoms with Gasteiger partial charge in [-0.05, 0) is 42.5 Å². The van der Waals surface area contributed by atoms with Crippen molar-refractivity contribution >= 4 is 56.7 Å². The van der Waals surface area contributed by atoms with Crippen LogP contribution in [0.5, 0.6) is 5.75 Å². The highest BCUT2D eigenvalue weighted by Crippen LogP contribution is 2.27. The topological polar surface area (TPSA) is 93.7 Å². The molecule has 7 nitrogen and oxygen atoms in total. The fraction of sp³-hybridized carbons (Fsp3) is 0.211. The Morgan fingerprint density at radius 3 is 2.39 bits per heavy atom. The van der Waals surface area contributed by atoms with Crippen molar-refractivity contribution in [3.8, 4) is 5.75 Å². The molecular formula is C19H18BrClN2O5. The number of esters is 1. The number of amides is 2. The average molecular weight is 470 g/mol. The summed E-state index contributed by atoms with van der Waals surface area (Å²) < 4.78 is 10.9. The van der Waals surface area contributed by atoms with Crippen molar-refractivity contribution in [2.45, 2.75) is 12.8 Å². The molecule has 0 aliphatic heterocycles. The van der Waals surface area contributed by atoms with Gasteiger partial charge in [0, 0.05) is 21.6 Å². The molecular weight excluding hydrogens is 452 g/mol. The van der Waals surface area contributed by atoms with Crippen molar-refractivity contribution in [3.63, 3.8) is 0 Å². The molecule has 2 rings (SSSR count). The average Bonchev–Trinajstić information content (AvgIpc) is 2.67. The highest BCUT2D eigenvalue weighted by molar-refractivity contribution is 9.10. The first-order valence-electron chi connectivity index (χ1n) is 8.22. The number of methoxy groups -OCH3 is 1. The summed E-state index contributed by atoms with van der Waals surface area (Å²) in [6.45, 7) is -0.432. The van der Waals surface area contributed by atoms with Gasteiger partial charge in [0.1, 0.15) is 5.75 Å². The third kappa shape index (κ3) is 7.21. The van der Waals surface area contributed by atoms with Crippen molar-refractivity contribution in [2.24, 2.45) is 0 Å². The molecule has 2 aromatic rings. The van der Waals surface area contributed by atoms with Crippen LogP contribution in [0.3, 0.4) is 0 Å². The Hall–Kier alpha value is -2.58. The number of rotatable bonds is 8. The summed E-state index contributed by atoms with van der Waals surface area (Å²) in [5.74, 6) is -1.08. The van der Waals surface area contributed by atoms with E-state index in [1.165, 1.54) is 7.11 Å². The molecule has 0 aliphatic rings. The quantitative estimate of drug-likeness (QED) is 0.570. The molecule has 0 spiro atoms. The van der Waals surface area contributed by atoms with Gasteiger partial charge >= 0.3 is 5.97 Å². The van der Waals surface area contributed by atoms with E-state index in [-0.39, 0.29) is 12.8 Å². The Morgan fingerprint density at radius 1 is 1.00 bits per heavy atom. The number of anilines is 2. The first-order valence-corrected chi connectivity index (χ1v) is 9.39. The molecule has 2 N–H and O–H groups in total. The Labute approximate surface area is 175 Å². The molecule has 0 fully saturated rings. The molecule has 9 heteroatoms. The summed E-state index contributed by atoms with van der Waals surface area (Å²) >= 11 is 9.19. The summed E-state index contributed by atoms with van der Waals surface area (Å²) in [4.78, 5) is 35.5. The summed E-state index contributed by atoms with van der Waals surface area (Å²) in [5, 5.41) is 5.66. The van der Waals surface area contributed by atoms with E-state index in [1.54, 1.807) is 42.5 Å². The standard InChI is InChI=1S/C19H18BrClN2O5/c1-27-16-7-4-13(21)10-15(16)23-17(24)8-9-19(26)28-11-18(25)22-14-5-2-12(20)3-6-14/h2-7,10H,8-9,11H2,1H3,(H,22,25)(H,23,24). The van der Waals surface area contributed by atoms with E-state index < -0.39 is 24.4 Å². The molecule has 0 unspecified atom stereocenters. The van der Waals surface area contributed by atoms with Crippen LogP contribution in [0.1, 0.15) is 12.8 Å². The summed E-state index contributed by atoms with van der Waals surface area (Å²) in [7, 11) is 1.47. The minimum atomic E-state index is -0.654. The summed E-state index contributed by atoms with van der Waals surface area (Å²) in [6, 6.07) is 11.8. The van der Waals surface area contributed by atoms with Gasteiger partial charge in [-0.1, -0.05) is 27.5 Å². The van der Waals surface area contributed by atoms with Gasteiger partial charge in [-0.2, -0.15) is 0 Å². The lowest BCUT2D eigenvalue weighted by Crippen LogP contribution is -2.21. The van der Waals surface area contributed by atoms with Crippen LogP contribution in [-0.2, 0) is 19.1 Å². The lowest BCUT2D eigenvalue weighted by Gasteiger charge is -2.10. The molecule has 148 valence electrons. The zero-order valence-electron chi connectivity index (χ0n) is 15.0. The molecule has 28 heavy (non-hydrogen) atoms. The van der Waals surface area contributed by atoms with Crippen LogP contribution >= 0.6 is 27.5 Å². The second-order valence-electron chi connectivity index (χ2n) is 5.61. The van der Waals surface area contributed by atoms with Crippen LogP contribution in [0.2, 0.25) is 5.02 Å². The van der Waals surface area contributed by atoms with Gasteiger partial charge in [-0.3, -0.25) is 14.4 Å². The number of halogens is 2. The van der Waals surface area contributed by atoms with Gasteiger partial charge < -0.3 is 20.1 Å². The van der Waals surface area contributed by atoms with E-state index in [9.17, 15) is 14.4 Å². The highest BCUT2D eigenvalue weighted by Gasteiger charge is 2.13. The Balaban J connectivity index is 1.73. The molecule has 0 bridgehead atoms. The van der Waals surface area contributed by atoms with Crippen LogP contribution in [-0.4, -0.2) is 31.5 Å². The Kier molecular flexibility index (Phi) is 8.28. The van der Waals surface area contributed by atoms with Gasteiger partial charge in [-0.25, -0.2) is 0 Å². The number of carbonyl (C=O) groups excluding carboxylic acids is 3. The molecule has 0 radical (unpaired) electrons. The predicted octanol–water partition coefficient (Wildman–Crippen LogP) is 4.01. The van der Waals surface area contributed by atoms with Crippen molar-refractivity contribution < 1.29 is 23.9 Å². The van der Waals surface area contributed by atoms with Gasteiger partial charge in [0.25, 0.3) is 5.91 Å². The maximum atomic E-state index is 12.0. The SMILES string of the molecule is COc1ccc(Cl)cc1NC(=O)CCC(=O)OCC(=O)Nc1ccc(Br)cc1. The number of carbonyl (C=O) groups is 3. The summed E-state index contributed by atoms with van der Waals surface area (Å²) in [6.07, 6.45) is -0.275. The fourth-order valence-corrected chi connectivity index (χ4v) is 2.59. The number of benzene rings is 2. The van der Waals surface area contributed by atoms with Gasteiger partial charge in [0.05, 0.1) is 19.2 Å². The van der Waals surface area contributed by atoms with Crippen LogP contribution in [0.4, 0.5) is 11.4 Å². The van der Waals surface area contributed by atoms with Crippen LogP contribution < -0.4 is 15.4 Å². The van der Waals surface area contributed by atoms with E-state index in [0.29, 0.717) is 22.1 Å². The molecule has 0 atom stereocenters. The molecule has 0 heterocycles. The minimum absolute atomic E-state index is 0.108. The van der Waals surface area contributed by atoms with E-state index in [1.807, 2.05) is 0 Å². The predicted molar refractivity (Wildman–Crippen MR) is 110 cm³/mol. The van der Waals surface area contributed by atoms with Gasteiger partial charge in [0.15, 0.2) is 6.61 Å². The van der Waals surface area contributed by atoms with E-state index in [2.05, 4.69) is 26.6 Å². The third-order valence-electron chi connectivity index (χ3n) is 3.48. The second kappa shape index (κ2) is 10.7. The normalized spacial score (nSPS) is 10.1. The number of ether oxygens (including phenoxy) is 2. The van der Waals surface area contributed by atoms with E-state index >= 15 is 0 Å². The number of nitrogens with one attached hydrogen (secondary N) is 2. The van der Waals surface area contributed by atoms with Crippen molar-refractivity contribution in [1.82, 2.24) is 0 Å². The lowest BCUT2D eigenvalue weighted by molar-refractivity contribution is -0.147. The first-order chi connectivity index (χ1) is 13.4. The molecule has 0 saturated carbocycles. The second-order valence-corrected chi connectivity index (χ2v) is 6.96. The molecule has 2 amide bonds. The first kappa shape index (κ1) is 21.7. The van der Waals surface area contributed by atoms with E-state index in [4.69, 9.17) is 21.1 Å². The van der Waals surface area contributed by atoms with Gasteiger partial charge in [0.2, 0.25) is 5.91 Å². The minimum Gasteiger partial charge on any atom is -0.495 e. The zero-order chi connectivity index (χ0) is 20.5. The zero-order valence-corrected chi connectivity index (χ0v) is 17.3. The maximum absolute atomic E-state index is 12.0. The third-order valence-corrected chi connectivity index (χ3v) is 4.25. The molecule has 0 saturated heterocycles. The summed E-state index contributed by atoms with van der Waals surface area (Å²) in [5.41, 5.74) is 0.987. The maximum Gasteiger partial charge on any atom is 0.306 e. The smallest absolute Gasteiger partial charge is 0.306 e. The number of hydrogen-bond donors (Lipinski definition) is 2. The van der Waals surface area contributed by atoms with Crippen LogP contribution in [0.25, 0.3) is 0 Å². The van der Waals surface area contributed by atoms with Crippen LogP contribution in [0.15, 0.2) is 46.9 Å². The van der Waals surface area contributed by atoms with Gasteiger partial charge in [-0.15, -0.1) is 0 Å². The monoisotopic (exact) mass is 468 g/mol. The number of hydrogen-bond acceptors (Lipinski definition) is 5. The highest BCUT2D eigenvalue weighted by atomic mass is 79.9. The molecule has 2 aromatic carbocycles. The Morgan fingerprint density at radius 2 is 1.71 bits per heavy atom. The molecule has 0 aromatic heterocycles. The van der Waals surface area contributed by atoms with Crippen molar-refractivity contribution in [3.05, 3.63) is 52.0 Å². The lowest BCUT2D eigenvalue weighted by atomic mass is 10.2. The van der Waals surface area contributed by atoms with E-state index in [0.717, 1.165) is 4.47 Å². The largest absolute Gasteiger partial charge is 0.495 e. The van der Waals surface area contributed by atoms with Crippen molar-refractivity contribution in [2.75, 3.05) is 24.4 Å². The fourth-order valence-electron chi connectivity index (χ4n) is 2.15. The Bertz CT molecular complexity index is 858. The van der Waals surface area contributed by atoms with Crippen LogP contribution in [0, 0.1) is 0 Å². The van der Waals surface area contributed by atoms with Crippen molar-refractivity contribution in [1.29, 1.82) is 0 Å². The molecule has 0 aliphatic carbocycles.